The van der Waals surface area contributed by atoms with Crippen LogP contribution >= 0.6 is 0 Å². The van der Waals surface area contributed by atoms with Crippen molar-refractivity contribution in [3.8, 4) is 0 Å². The average Bonchev–Trinajstić information content (AvgIpc) is 2.80. The van der Waals surface area contributed by atoms with Gasteiger partial charge in [-0.25, -0.2) is 0 Å². The van der Waals surface area contributed by atoms with Crippen LogP contribution in [-0.4, -0.2) is 13.2 Å². The highest BCUT2D eigenvalue weighted by atomic mass is 16.6. The van der Waals surface area contributed by atoms with Gasteiger partial charge in [-0.2, -0.15) is 0 Å². The van der Waals surface area contributed by atoms with Crippen molar-refractivity contribution in [2.75, 3.05) is 13.2 Å². The predicted molar refractivity (Wildman–Crippen MR) is 137 cm³/mol. The van der Waals surface area contributed by atoms with Crippen LogP contribution in [0.3, 0.4) is 0 Å². The van der Waals surface area contributed by atoms with Gasteiger partial charge < -0.3 is 9.47 Å². The molecule has 0 aromatic heterocycles. The van der Waals surface area contributed by atoms with Crippen LogP contribution < -0.4 is 0 Å². The van der Waals surface area contributed by atoms with E-state index in [9.17, 15) is 0 Å². The lowest BCUT2D eigenvalue weighted by Crippen LogP contribution is -2.49. The van der Waals surface area contributed by atoms with Gasteiger partial charge in [0.05, 0.1) is 0 Å². The van der Waals surface area contributed by atoms with E-state index >= 15 is 0 Å². The number of rotatable bonds is 15. The van der Waals surface area contributed by atoms with Crippen molar-refractivity contribution in [2.24, 2.45) is 0 Å². The van der Waals surface area contributed by atoms with E-state index in [4.69, 9.17) is 9.47 Å². The first-order chi connectivity index (χ1) is 15.4. The summed E-state index contributed by atoms with van der Waals surface area (Å²) in [5.41, 5.74) is 3.95. The van der Waals surface area contributed by atoms with E-state index in [2.05, 4.69) is 90.1 Å². The van der Waals surface area contributed by atoms with Gasteiger partial charge in [-0.05, 0) is 61.8 Å². The summed E-state index contributed by atoms with van der Waals surface area (Å²) >= 11 is 0. The third kappa shape index (κ3) is 6.45. The molecular formula is C30H46O2. The largest absolute Gasteiger partial charge is 0.367 e. The maximum atomic E-state index is 6.76. The normalized spacial score (nSPS) is 15.3. The zero-order chi connectivity index (χ0) is 23.5. The molecule has 0 amide bonds. The molecular weight excluding hydrogens is 392 g/mol. The third-order valence-electron chi connectivity index (χ3n) is 6.77. The van der Waals surface area contributed by atoms with Crippen molar-refractivity contribution in [3.63, 3.8) is 0 Å². The van der Waals surface area contributed by atoms with Gasteiger partial charge >= 0.3 is 0 Å². The van der Waals surface area contributed by atoms with Crippen molar-refractivity contribution in [3.05, 3.63) is 70.8 Å². The van der Waals surface area contributed by atoms with Crippen molar-refractivity contribution < 1.29 is 9.47 Å². The Morgan fingerprint density at radius 1 is 0.531 bits per heavy atom. The molecule has 2 aromatic carbocycles. The first kappa shape index (κ1) is 26.6. The second kappa shape index (κ2) is 13.2. The lowest BCUT2D eigenvalue weighted by molar-refractivity contribution is -0.207. The number of aryl methyl sites for hydroxylation is 2. The summed E-state index contributed by atoms with van der Waals surface area (Å²) in [4.78, 5) is 0. The van der Waals surface area contributed by atoms with Crippen LogP contribution in [0.1, 0.15) is 102 Å². The Morgan fingerprint density at radius 3 is 1.16 bits per heavy atom. The fourth-order valence-corrected chi connectivity index (χ4v) is 4.39. The molecule has 0 aliphatic rings. The summed E-state index contributed by atoms with van der Waals surface area (Å²) < 4.78 is 13.5. The van der Waals surface area contributed by atoms with Gasteiger partial charge in [-0.15, -0.1) is 0 Å². The standard InChI is InChI=1S/C30H46O2/c1-7-11-23-31-29(5,27-19-15-25(13-9-3)16-20-27)30(6,32-24-12-8-2)28-21-17-26(14-10-4)18-22-28/h15-22H,7-14,23-24H2,1-6H3. The molecule has 0 saturated carbocycles. The van der Waals surface area contributed by atoms with Crippen LogP contribution in [0.4, 0.5) is 0 Å². The van der Waals surface area contributed by atoms with Crippen molar-refractivity contribution in [2.45, 2.75) is 104 Å². The van der Waals surface area contributed by atoms with E-state index in [1.807, 2.05) is 0 Å². The molecule has 2 unspecified atom stereocenters. The smallest absolute Gasteiger partial charge is 0.123 e. The lowest BCUT2D eigenvalue weighted by Gasteiger charge is -2.47. The molecule has 178 valence electrons. The van der Waals surface area contributed by atoms with Crippen LogP contribution in [-0.2, 0) is 33.5 Å². The Bertz CT molecular complexity index is 697. The highest BCUT2D eigenvalue weighted by Gasteiger charge is 2.49. The molecule has 2 nitrogen and oxygen atoms in total. The fraction of sp³-hybridized carbons (Fsp3) is 0.600. The van der Waals surface area contributed by atoms with Gasteiger partial charge in [0.15, 0.2) is 0 Å². The molecule has 0 radical (unpaired) electrons. The molecule has 0 spiro atoms. The molecule has 2 rings (SSSR count). The monoisotopic (exact) mass is 438 g/mol. The van der Waals surface area contributed by atoms with Crippen LogP contribution in [0.15, 0.2) is 48.5 Å². The van der Waals surface area contributed by atoms with Gasteiger partial charge in [-0.1, -0.05) is 102 Å². The van der Waals surface area contributed by atoms with Crippen LogP contribution in [0.25, 0.3) is 0 Å². The highest BCUT2D eigenvalue weighted by Crippen LogP contribution is 2.46. The predicted octanol–water partition coefficient (Wildman–Crippen LogP) is 8.36. The Morgan fingerprint density at radius 2 is 0.875 bits per heavy atom. The summed E-state index contributed by atoms with van der Waals surface area (Å²) in [6.07, 6.45) is 8.86. The fourth-order valence-electron chi connectivity index (χ4n) is 4.39. The zero-order valence-corrected chi connectivity index (χ0v) is 21.5. The molecule has 0 bridgehead atoms. The summed E-state index contributed by atoms with van der Waals surface area (Å²) in [6.45, 7) is 14.8. The Kier molecular flexibility index (Phi) is 10.9. The second-order valence-corrected chi connectivity index (χ2v) is 9.36. The van der Waals surface area contributed by atoms with Crippen molar-refractivity contribution >= 4 is 0 Å². The Balaban J connectivity index is 2.53. The molecule has 2 atom stereocenters. The van der Waals surface area contributed by atoms with E-state index < -0.39 is 11.2 Å². The Hall–Kier alpha value is -1.64. The molecule has 0 aliphatic heterocycles. The number of benzene rings is 2. The Labute approximate surface area is 197 Å². The van der Waals surface area contributed by atoms with Gasteiger partial charge in [0.25, 0.3) is 0 Å². The van der Waals surface area contributed by atoms with Crippen LogP contribution in [0, 0.1) is 0 Å². The molecule has 0 saturated heterocycles. The molecule has 2 heteroatoms. The summed E-state index contributed by atoms with van der Waals surface area (Å²) in [5.74, 6) is 0. The summed E-state index contributed by atoms with van der Waals surface area (Å²) in [6, 6.07) is 18.1. The average molecular weight is 439 g/mol. The zero-order valence-electron chi connectivity index (χ0n) is 21.5. The molecule has 0 aliphatic carbocycles. The van der Waals surface area contributed by atoms with Crippen LogP contribution in [0.5, 0.6) is 0 Å². The molecule has 32 heavy (non-hydrogen) atoms. The topological polar surface area (TPSA) is 18.5 Å². The van der Waals surface area contributed by atoms with Gasteiger partial charge in [0, 0.05) is 13.2 Å². The van der Waals surface area contributed by atoms with E-state index in [1.165, 1.54) is 22.3 Å². The molecule has 0 fully saturated rings. The second-order valence-electron chi connectivity index (χ2n) is 9.36. The minimum Gasteiger partial charge on any atom is -0.367 e. The maximum Gasteiger partial charge on any atom is 0.123 e. The number of unbranched alkanes of at least 4 members (excludes halogenated alkanes) is 2. The quantitative estimate of drug-likeness (QED) is 0.260. The minimum atomic E-state index is -0.590. The van der Waals surface area contributed by atoms with Gasteiger partial charge in [0.1, 0.15) is 11.2 Å². The summed E-state index contributed by atoms with van der Waals surface area (Å²) in [5, 5.41) is 0. The lowest BCUT2D eigenvalue weighted by atomic mass is 9.74. The number of hydrogen-bond acceptors (Lipinski definition) is 2. The van der Waals surface area contributed by atoms with E-state index in [-0.39, 0.29) is 0 Å². The molecule has 2 aromatic rings. The first-order valence-electron chi connectivity index (χ1n) is 12.9. The van der Waals surface area contributed by atoms with Gasteiger partial charge in [-0.3, -0.25) is 0 Å². The third-order valence-corrected chi connectivity index (χ3v) is 6.77. The van der Waals surface area contributed by atoms with Gasteiger partial charge in [0.2, 0.25) is 0 Å². The SMILES string of the molecule is CCCCOC(C)(c1ccc(CCC)cc1)C(C)(OCCCC)c1ccc(CCC)cc1. The highest BCUT2D eigenvalue weighted by molar-refractivity contribution is 5.36. The van der Waals surface area contributed by atoms with E-state index in [0.717, 1.165) is 64.6 Å². The first-order valence-corrected chi connectivity index (χ1v) is 12.9. The van der Waals surface area contributed by atoms with Crippen LogP contribution in [0.2, 0.25) is 0 Å². The number of hydrogen-bond donors (Lipinski definition) is 0. The molecule has 0 heterocycles. The summed E-state index contributed by atoms with van der Waals surface area (Å²) in [7, 11) is 0. The van der Waals surface area contributed by atoms with E-state index in [0.29, 0.717) is 0 Å². The van der Waals surface area contributed by atoms with Crippen molar-refractivity contribution in [1.29, 1.82) is 0 Å². The maximum absolute atomic E-state index is 6.76. The minimum absolute atomic E-state index is 0.590. The number of ether oxygens (including phenoxy) is 2. The molecule has 0 N–H and O–H groups in total. The van der Waals surface area contributed by atoms with E-state index in [1.54, 1.807) is 0 Å². The van der Waals surface area contributed by atoms with Crippen molar-refractivity contribution in [1.82, 2.24) is 0 Å².